The monoisotopic (exact) mass is 1260 g/mol. The molecule has 0 saturated carbocycles. The predicted octanol–water partition coefficient (Wildman–Crippen LogP) is 25.9. The summed E-state index contributed by atoms with van der Waals surface area (Å²) in [6.07, 6.45) is 0.788. The van der Waals surface area contributed by atoms with Gasteiger partial charge in [0.25, 0.3) is 0 Å². The second kappa shape index (κ2) is 25.1. The number of anilines is 12. The molecule has 14 aromatic rings. The highest BCUT2D eigenvalue weighted by Crippen LogP contribution is 2.62. The Kier molecular flexibility index (Phi) is 15.7. The van der Waals surface area contributed by atoms with Crippen molar-refractivity contribution in [1.29, 1.82) is 0 Å². The van der Waals surface area contributed by atoms with E-state index in [9.17, 15) is 0 Å². The van der Waals surface area contributed by atoms with Gasteiger partial charge in [-0.25, -0.2) is 0 Å². The molecule has 0 aromatic heterocycles. The molecular formula is C94H78N4. The Morgan fingerprint density at radius 2 is 0.439 bits per heavy atom. The molecule has 0 radical (unpaired) electrons. The average Bonchev–Trinajstić information content (AvgIpc) is 1.49. The maximum Gasteiger partial charge on any atom is 0.0510 e. The summed E-state index contributed by atoms with van der Waals surface area (Å²) in [5.74, 6) is 0. The minimum Gasteiger partial charge on any atom is -0.310 e. The maximum atomic E-state index is 2.45. The van der Waals surface area contributed by atoms with Gasteiger partial charge in [0, 0.05) is 68.2 Å². The number of nitrogens with zero attached hydrogens (tertiary/aromatic N) is 4. The second-order valence-corrected chi connectivity index (χ2v) is 27.2. The maximum absolute atomic E-state index is 2.45. The van der Waals surface area contributed by atoms with E-state index in [2.05, 4.69) is 390 Å². The zero-order chi connectivity index (χ0) is 66.8. The van der Waals surface area contributed by atoms with Gasteiger partial charge in [0.2, 0.25) is 0 Å². The van der Waals surface area contributed by atoms with Crippen molar-refractivity contribution < 1.29 is 0 Å². The Morgan fingerprint density at radius 1 is 0.204 bits per heavy atom. The van der Waals surface area contributed by atoms with E-state index < -0.39 is 5.41 Å². The highest BCUT2D eigenvalue weighted by atomic mass is 15.2. The zero-order valence-corrected chi connectivity index (χ0v) is 57.0. The van der Waals surface area contributed by atoms with Gasteiger partial charge in [-0.1, -0.05) is 226 Å². The quantitative estimate of drug-likeness (QED) is 0.108. The first-order valence-corrected chi connectivity index (χ1v) is 34.3. The molecule has 2 aliphatic rings. The number of hydrogen-bond donors (Lipinski definition) is 0. The summed E-state index contributed by atoms with van der Waals surface area (Å²) in [4.78, 5) is 9.74. The second-order valence-electron chi connectivity index (χ2n) is 27.2. The summed E-state index contributed by atoms with van der Waals surface area (Å²) < 4.78 is 0. The number of benzene rings is 14. The minimum atomic E-state index is -0.583. The molecule has 2 aliphatic carbocycles. The Hall–Kier alpha value is -11.7. The minimum absolute atomic E-state index is 0.583. The fraction of sp³-hybridized carbons (Fsp3) is 0.106. The molecule has 0 aliphatic heterocycles. The van der Waals surface area contributed by atoms with Gasteiger partial charge in [-0.05, 0) is 262 Å². The van der Waals surface area contributed by atoms with E-state index in [1.54, 1.807) is 0 Å². The van der Waals surface area contributed by atoms with Gasteiger partial charge in [0.1, 0.15) is 0 Å². The molecule has 14 aromatic carbocycles. The molecule has 0 amide bonds. The molecule has 0 heterocycles. The van der Waals surface area contributed by atoms with Gasteiger partial charge in [0.15, 0.2) is 0 Å². The summed E-state index contributed by atoms with van der Waals surface area (Å²) in [5.41, 5.74) is 37.0. The Bertz CT molecular complexity index is 4870. The van der Waals surface area contributed by atoms with Crippen LogP contribution < -0.4 is 19.6 Å². The van der Waals surface area contributed by atoms with Gasteiger partial charge in [-0.15, -0.1) is 0 Å². The predicted molar refractivity (Wildman–Crippen MR) is 415 cm³/mol. The van der Waals surface area contributed by atoms with Crippen LogP contribution in [0.5, 0.6) is 0 Å². The third-order valence-corrected chi connectivity index (χ3v) is 20.2. The van der Waals surface area contributed by atoms with Gasteiger partial charge in [-0.2, -0.15) is 0 Å². The zero-order valence-electron chi connectivity index (χ0n) is 57.0. The van der Waals surface area contributed by atoms with Crippen LogP contribution in [0.4, 0.5) is 68.2 Å². The fourth-order valence-electron chi connectivity index (χ4n) is 15.2. The average molecular weight is 1260 g/mol. The number of aryl methyl sites for hydroxylation is 8. The number of hydrogen-bond acceptors (Lipinski definition) is 4. The van der Waals surface area contributed by atoms with Crippen molar-refractivity contribution in [2.75, 3.05) is 19.6 Å². The molecule has 1 atom stereocenters. The van der Waals surface area contributed by atoms with Crippen molar-refractivity contribution in [2.45, 2.75) is 67.2 Å². The first-order chi connectivity index (χ1) is 47.8. The lowest BCUT2D eigenvalue weighted by atomic mass is 9.62. The van der Waals surface area contributed by atoms with Crippen molar-refractivity contribution in [3.63, 3.8) is 0 Å². The van der Waals surface area contributed by atoms with Crippen molar-refractivity contribution in [3.05, 3.63) is 382 Å². The van der Waals surface area contributed by atoms with Crippen LogP contribution >= 0.6 is 0 Å². The third kappa shape index (κ3) is 11.1. The van der Waals surface area contributed by atoms with Crippen LogP contribution in [0, 0.1) is 55.4 Å². The lowest BCUT2D eigenvalue weighted by molar-refractivity contribution is 0.623. The molecular weight excluding hydrogens is 1190 g/mol. The fourth-order valence-corrected chi connectivity index (χ4v) is 15.2. The molecule has 0 saturated heterocycles. The summed E-state index contributed by atoms with van der Waals surface area (Å²) in [7, 11) is 0. The molecule has 1 unspecified atom stereocenters. The lowest BCUT2D eigenvalue weighted by Crippen LogP contribution is -2.33. The van der Waals surface area contributed by atoms with Crippen LogP contribution in [0.3, 0.4) is 0 Å². The Balaban J connectivity index is 0.953. The molecule has 16 rings (SSSR count). The van der Waals surface area contributed by atoms with Crippen LogP contribution in [-0.4, -0.2) is 0 Å². The smallest absolute Gasteiger partial charge is 0.0510 e. The molecule has 0 fully saturated rings. The Morgan fingerprint density at radius 3 is 0.735 bits per heavy atom. The van der Waals surface area contributed by atoms with Crippen LogP contribution in [0.2, 0.25) is 0 Å². The first kappa shape index (κ1) is 61.2. The molecule has 474 valence electrons. The van der Waals surface area contributed by atoms with Crippen molar-refractivity contribution in [1.82, 2.24) is 0 Å². The third-order valence-electron chi connectivity index (χ3n) is 20.2. The van der Waals surface area contributed by atoms with Gasteiger partial charge in [-0.3, -0.25) is 0 Å². The highest BCUT2D eigenvalue weighted by Gasteiger charge is 2.49. The van der Waals surface area contributed by atoms with Crippen molar-refractivity contribution in [3.8, 4) is 44.5 Å². The van der Waals surface area contributed by atoms with Crippen LogP contribution in [0.25, 0.3) is 44.5 Å². The van der Waals surface area contributed by atoms with E-state index in [1.807, 2.05) is 0 Å². The van der Waals surface area contributed by atoms with E-state index >= 15 is 0 Å². The SMILES string of the molecule is Cc1ccc(N(c2ccc(C)cc2)c2cc(-c3cccc4c3-c3ccccc3CC43c4ccccc4-c4c(-c5cc(N(c6ccc(C)cc6)c6ccc(C)cc6)cc(N(c6ccc(C)cc6)c6ccc(C)cc6)c5)cccc43)cc(N(c3ccc(C)cc3)c3ccc(C)cc3)c2)cc1. The van der Waals surface area contributed by atoms with E-state index in [4.69, 9.17) is 0 Å². The topological polar surface area (TPSA) is 13.0 Å². The highest BCUT2D eigenvalue weighted by molar-refractivity contribution is 6.01. The van der Waals surface area contributed by atoms with E-state index in [0.717, 1.165) is 85.8 Å². The Labute approximate surface area is 578 Å². The first-order valence-electron chi connectivity index (χ1n) is 34.3. The summed E-state index contributed by atoms with van der Waals surface area (Å²) in [6.45, 7) is 17.3. The van der Waals surface area contributed by atoms with E-state index in [0.29, 0.717) is 0 Å². The molecule has 4 heteroatoms. The lowest BCUT2D eigenvalue weighted by Gasteiger charge is -2.40. The van der Waals surface area contributed by atoms with E-state index in [1.165, 1.54) is 100 Å². The van der Waals surface area contributed by atoms with Crippen LogP contribution in [0.1, 0.15) is 66.8 Å². The van der Waals surface area contributed by atoms with Gasteiger partial charge < -0.3 is 19.6 Å². The largest absolute Gasteiger partial charge is 0.310 e. The number of fused-ring (bicyclic) bond motifs is 9. The molecule has 0 bridgehead atoms. The molecule has 1 spiro atoms. The summed E-state index contributed by atoms with van der Waals surface area (Å²) in [6, 6.07) is 119. The number of rotatable bonds is 14. The van der Waals surface area contributed by atoms with Gasteiger partial charge in [0.05, 0.1) is 5.41 Å². The summed E-state index contributed by atoms with van der Waals surface area (Å²) in [5, 5.41) is 0. The van der Waals surface area contributed by atoms with Gasteiger partial charge >= 0.3 is 0 Å². The van der Waals surface area contributed by atoms with Crippen LogP contribution in [0.15, 0.2) is 315 Å². The van der Waals surface area contributed by atoms with E-state index in [-0.39, 0.29) is 0 Å². The van der Waals surface area contributed by atoms with Crippen molar-refractivity contribution >= 4 is 68.2 Å². The summed E-state index contributed by atoms with van der Waals surface area (Å²) >= 11 is 0. The molecule has 98 heavy (non-hydrogen) atoms. The standard InChI is InChI=1S/C94H78N4/c1-62-23-39-73(40-24-62)95(74-41-25-63(2)26-42-74)81-55-71(56-82(59-81)96(75-43-27-64(3)28-44-75)76-45-29-65(4)30-46-76)86-18-13-21-90-92(86)85-16-10-9-15-70(85)61-94(90)89-20-12-11-17-88(89)93-87(19-14-22-91(93)94)72-57-83(97(77-47-31-66(5)32-48-77)78-49-33-67(6)34-50-78)60-84(58-72)98(79-51-35-68(7)36-52-79)80-53-37-69(8)38-54-80/h9-60H,61H2,1-8H3. The van der Waals surface area contributed by atoms with Crippen LogP contribution in [-0.2, 0) is 11.8 Å². The molecule has 4 nitrogen and oxygen atoms in total. The van der Waals surface area contributed by atoms with Crippen molar-refractivity contribution in [2.24, 2.45) is 0 Å². The molecule has 0 N–H and O–H groups in total. The normalized spacial score (nSPS) is 13.3.